The number of tetrazole rings is 2. The molecule has 2 aromatic carbocycles. The number of nitrogens with one attached hydrogen (secondary N) is 2. The largest absolute Gasteiger partial charge is 0.463 e. The first-order valence-corrected chi connectivity index (χ1v) is 10.2. The Morgan fingerprint density at radius 2 is 1.91 bits per heavy atom. The van der Waals surface area contributed by atoms with Gasteiger partial charge in [-0.2, -0.15) is 4.68 Å². The molecule has 1 aliphatic rings. The third-order valence-corrected chi connectivity index (χ3v) is 5.12. The van der Waals surface area contributed by atoms with Gasteiger partial charge in [0.1, 0.15) is 17.5 Å². The summed E-state index contributed by atoms with van der Waals surface area (Å²) in [5.74, 6) is 1.68. The number of carbonyl (C=O) groups excluding carboxylic acids is 1. The number of allylic oxidation sites excluding steroid dienone is 1. The minimum Gasteiger partial charge on any atom is -0.463 e. The van der Waals surface area contributed by atoms with Gasteiger partial charge in [-0.25, -0.2) is 9.89 Å². The highest BCUT2D eigenvalue weighted by molar-refractivity contribution is 5.92. The lowest BCUT2D eigenvalue weighted by Gasteiger charge is -2.28. The lowest BCUT2D eigenvalue weighted by atomic mass is 9.95. The van der Waals surface area contributed by atoms with Crippen LogP contribution >= 0.6 is 0 Å². The number of aromatic nitrogens is 8. The number of hydrogen-bond acceptors (Lipinski definition) is 10. The summed E-state index contributed by atoms with van der Waals surface area (Å²) in [6.07, 6.45) is 0. The zero-order valence-corrected chi connectivity index (χ0v) is 17.8. The first kappa shape index (κ1) is 20.3. The number of rotatable bonds is 6. The number of benzene rings is 2. The van der Waals surface area contributed by atoms with E-state index < -0.39 is 12.0 Å². The highest BCUT2D eigenvalue weighted by atomic mass is 16.5. The van der Waals surface area contributed by atoms with E-state index in [9.17, 15) is 4.79 Å². The van der Waals surface area contributed by atoms with Crippen molar-refractivity contribution in [3.05, 3.63) is 65.4 Å². The Hall–Kier alpha value is -4.61. The Balaban J connectivity index is 1.53. The van der Waals surface area contributed by atoms with E-state index in [2.05, 4.69) is 41.5 Å². The number of para-hydroxylation sites is 1. The molecular weight excluding hydrogens is 426 g/mol. The number of nitrogens with zero attached hydrogens (tertiary/aromatic N) is 7. The summed E-state index contributed by atoms with van der Waals surface area (Å²) in [6.45, 7) is 3.80. The van der Waals surface area contributed by atoms with E-state index in [0.717, 1.165) is 5.56 Å². The molecule has 0 radical (unpaired) electrons. The molecule has 0 fully saturated rings. The number of carbonyl (C=O) groups is 1. The first-order chi connectivity index (χ1) is 16.2. The fraction of sp³-hybridized carbons (Fsp3) is 0.190. The maximum absolute atomic E-state index is 12.9. The smallest absolute Gasteiger partial charge is 0.338 e. The summed E-state index contributed by atoms with van der Waals surface area (Å²) in [6, 6.07) is 14.1. The average molecular weight is 445 g/mol. The van der Waals surface area contributed by atoms with E-state index in [-0.39, 0.29) is 6.61 Å². The van der Waals surface area contributed by atoms with Gasteiger partial charge < -0.3 is 14.8 Å². The molecule has 1 atom stereocenters. The van der Waals surface area contributed by atoms with Crippen molar-refractivity contribution >= 4 is 11.9 Å². The molecule has 33 heavy (non-hydrogen) atoms. The number of fused-ring (bicyclic) bond motifs is 1. The molecule has 0 saturated carbocycles. The summed E-state index contributed by atoms with van der Waals surface area (Å²) >= 11 is 0. The van der Waals surface area contributed by atoms with Gasteiger partial charge in [-0.1, -0.05) is 23.3 Å². The summed E-state index contributed by atoms with van der Waals surface area (Å²) in [5, 5.41) is 28.7. The number of aromatic amines is 1. The van der Waals surface area contributed by atoms with Crippen LogP contribution in [-0.4, -0.2) is 53.4 Å². The molecular formula is C21H19N9O3. The summed E-state index contributed by atoms with van der Waals surface area (Å²) < 4.78 is 13.1. The van der Waals surface area contributed by atoms with Crippen LogP contribution in [0.5, 0.6) is 11.5 Å². The second-order valence-electron chi connectivity index (χ2n) is 7.15. The number of hydrogen-bond donors (Lipinski definition) is 2. The van der Waals surface area contributed by atoms with E-state index in [4.69, 9.17) is 9.47 Å². The lowest BCUT2D eigenvalue weighted by molar-refractivity contribution is -0.139. The Labute approximate surface area is 187 Å². The molecule has 0 aliphatic carbocycles. The zero-order valence-electron chi connectivity index (χ0n) is 17.8. The molecule has 0 amide bonds. The molecule has 5 rings (SSSR count). The highest BCUT2D eigenvalue weighted by Crippen LogP contribution is 2.40. The maximum atomic E-state index is 12.9. The normalized spacial score (nSPS) is 15.0. The van der Waals surface area contributed by atoms with Crippen LogP contribution in [0.4, 0.5) is 5.95 Å². The molecule has 12 nitrogen and oxygen atoms in total. The Kier molecular flexibility index (Phi) is 5.23. The minimum atomic E-state index is -0.633. The molecule has 4 aromatic rings. The SMILES string of the molecule is CCOC(=O)C1=C(C)Nc2nnnn2C1c1ccccc1Oc1ccc(-c2nnn[nH]2)cc1. The lowest BCUT2D eigenvalue weighted by Crippen LogP contribution is -2.30. The third kappa shape index (κ3) is 3.78. The van der Waals surface area contributed by atoms with Crippen molar-refractivity contribution in [2.45, 2.75) is 19.9 Å². The Morgan fingerprint density at radius 3 is 2.67 bits per heavy atom. The van der Waals surface area contributed by atoms with Gasteiger partial charge in [0.05, 0.1) is 12.2 Å². The van der Waals surface area contributed by atoms with Crippen molar-refractivity contribution in [1.29, 1.82) is 0 Å². The molecule has 0 saturated heterocycles. The minimum absolute atomic E-state index is 0.246. The van der Waals surface area contributed by atoms with Gasteiger partial charge in [-0.05, 0) is 65.0 Å². The second-order valence-corrected chi connectivity index (χ2v) is 7.15. The summed E-state index contributed by atoms with van der Waals surface area (Å²) in [4.78, 5) is 12.9. The molecule has 12 heteroatoms. The van der Waals surface area contributed by atoms with Gasteiger partial charge in [-0.3, -0.25) is 0 Å². The van der Waals surface area contributed by atoms with Crippen LogP contribution in [0.3, 0.4) is 0 Å². The van der Waals surface area contributed by atoms with Gasteiger partial charge in [0.15, 0.2) is 5.82 Å². The number of esters is 1. The third-order valence-electron chi connectivity index (χ3n) is 5.12. The van der Waals surface area contributed by atoms with E-state index in [1.165, 1.54) is 0 Å². The molecule has 2 N–H and O–H groups in total. The topological polar surface area (TPSA) is 146 Å². The van der Waals surface area contributed by atoms with Crippen molar-refractivity contribution in [2.24, 2.45) is 0 Å². The zero-order chi connectivity index (χ0) is 22.8. The van der Waals surface area contributed by atoms with Crippen molar-refractivity contribution in [3.8, 4) is 22.9 Å². The van der Waals surface area contributed by atoms with Crippen molar-refractivity contribution in [3.63, 3.8) is 0 Å². The standard InChI is InChI=1S/C21H19N9O3/c1-3-32-20(31)17-12(2)22-21-25-28-29-30(21)18(17)15-6-4-5-7-16(15)33-14-10-8-13(9-11-14)19-23-26-27-24-19/h4-11,18H,3H2,1-2H3,(H,22,25,29)(H,23,24,26,27). The first-order valence-electron chi connectivity index (χ1n) is 10.2. The number of H-pyrrole nitrogens is 1. The van der Waals surface area contributed by atoms with Gasteiger partial charge in [0, 0.05) is 16.8 Å². The van der Waals surface area contributed by atoms with E-state index in [1.807, 2.05) is 48.5 Å². The van der Waals surface area contributed by atoms with E-state index in [0.29, 0.717) is 40.1 Å². The molecule has 0 bridgehead atoms. The van der Waals surface area contributed by atoms with Crippen LogP contribution in [-0.2, 0) is 9.53 Å². The Bertz CT molecular complexity index is 1310. The van der Waals surface area contributed by atoms with Gasteiger partial charge in [0.2, 0.25) is 5.95 Å². The van der Waals surface area contributed by atoms with Crippen LogP contribution in [0.15, 0.2) is 59.8 Å². The van der Waals surface area contributed by atoms with Crippen LogP contribution in [0.1, 0.15) is 25.5 Å². The second kappa shape index (κ2) is 8.49. The average Bonchev–Trinajstić information content (AvgIpc) is 3.52. The highest BCUT2D eigenvalue weighted by Gasteiger charge is 2.36. The molecule has 166 valence electrons. The molecule has 1 unspecified atom stereocenters. The molecule has 2 aromatic heterocycles. The fourth-order valence-corrected chi connectivity index (χ4v) is 3.66. The van der Waals surface area contributed by atoms with E-state index in [1.54, 1.807) is 18.5 Å². The van der Waals surface area contributed by atoms with Crippen LogP contribution in [0.25, 0.3) is 11.4 Å². The monoisotopic (exact) mass is 445 g/mol. The quantitative estimate of drug-likeness (QED) is 0.424. The van der Waals surface area contributed by atoms with Gasteiger partial charge >= 0.3 is 5.97 Å². The summed E-state index contributed by atoms with van der Waals surface area (Å²) in [7, 11) is 0. The fourth-order valence-electron chi connectivity index (χ4n) is 3.66. The van der Waals surface area contributed by atoms with Crippen molar-refractivity contribution in [1.82, 2.24) is 40.8 Å². The predicted molar refractivity (Wildman–Crippen MR) is 115 cm³/mol. The molecule has 1 aliphatic heterocycles. The molecule has 0 spiro atoms. The van der Waals surface area contributed by atoms with Gasteiger partial charge in [-0.15, -0.1) is 5.10 Å². The number of ether oxygens (including phenoxy) is 2. The van der Waals surface area contributed by atoms with Crippen molar-refractivity contribution < 1.29 is 14.3 Å². The van der Waals surface area contributed by atoms with Gasteiger partial charge in [0.25, 0.3) is 0 Å². The Morgan fingerprint density at radius 1 is 1.09 bits per heavy atom. The van der Waals surface area contributed by atoms with Crippen LogP contribution in [0, 0.1) is 0 Å². The molecule has 3 heterocycles. The van der Waals surface area contributed by atoms with E-state index >= 15 is 0 Å². The summed E-state index contributed by atoms with van der Waals surface area (Å²) in [5.41, 5.74) is 2.54. The maximum Gasteiger partial charge on any atom is 0.338 e. The number of anilines is 1. The van der Waals surface area contributed by atoms with Crippen molar-refractivity contribution in [2.75, 3.05) is 11.9 Å². The predicted octanol–water partition coefficient (Wildman–Crippen LogP) is 2.50. The van der Waals surface area contributed by atoms with Crippen LogP contribution in [0.2, 0.25) is 0 Å². The van der Waals surface area contributed by atoms with Crippen LogP contribution < -0.4 is 10.1 Å².